The van der Waals surface area contributed by atoms with Crippen LogP contribution in [0.4, 0.5) is 9.52 Å². The Morgan fingerprint density at radius 1 is 1.38 bits per heavy atom. The molecule has 1 aromatic heterocycles. The maximum absolute atomic E-state index is 12.9. The molecule has 0 spiro atoms. The van der Waals surface area contributed by atoms with Gasteiger partial charge < -0.3 is 5.32 Å². The average Bonchev–Trinajstić information content (AvgIpc) is 3.11. The third-order valence-electron chi connectivity index (χ3n) is 3.95. The van der Waals surface area contributed by atoms with Gasteiger partial charge in [-0.2, -0.15) is 0 Å². The molecule has 1 N–H and O–H groups in total. The van der Waals surface area contributed by atoms with Crippen LogP contribution in [-0.2, 0) is 13.0 Å². The molecule has 0 amide bonds. The van der Waals surface area contributed by atoms with E-state index in [2.05, 4.69) is 15.2 Å². The van der Waals surface area contributed by atoms with Crippen molar-refractivity contribution in [3.63, 3.8) is 0 Å². The average molecular weight is 305 g/mol. The van der Waals surface area contributed by atoms with Crippen molar-refractivity contribution < 1.29 is 4.39 Å². The minimum absolute atomic E-state index is 0.155. The molecule has 1 unspecified atom stereocenters. The van der Waals surface area contributed by atoms with Crippen molar-refractivity contribution >= 4 is 16.5 Å². The summed E-state index contributed by atoms with van der Waals surface area (Å²) in [6.07, 6.45) is 4.22. The molecule has 2 heterocycles. The van der Waals surface area contributed by atoms with E-state index in [9.17, 15) is 4.39 Å². The zero-order valence-corrected chi connectivity index (χ0v) is 13.0. The smallest absolute Gasteiger partial charge is 0.182 e. The number of hydrogen-bond acceptors (Lipinski definition) is 4. The van der Waals surface area contributed by atoms with Gasteiger partial charge in [-0.05, 0) is 43.0 Å². The molecule has 3 nitrogen and oxygen atoms in total. The summed E-state index contributed by atoms with van der Waals surface area (Å²) in [5, 5.41) is 4.06. The molecular weight excluding hydrogens is 285 g/mol. The third kappa shape index (κ3) is 3.80. The highest BCUT2D eigenvalue weighted by molar-refractivity contribution is 7.15. The fourth-order valence-electron chi connectivity index (χ4n) is 2.89. The number of halogens is 1. The van der Waals surface area contributed by atoms with Gasteiger partial charge in [-0.1, -0.05) is 12.1 Å². The number of nitrogens with one attached hydrogen (secondary N) is 1. The first-order chi connectivity index (χ1) is 10.2. The van der Waals surface area contributed by atoms with Gasteiger partial charge in [0.2, 0.25) is 0 Å². The summed E-state index contributed by atoms with van der Waals surface area (Å²) in [6, 6.07) is 6.91. The highest BCUT2D eigenvalue weighted by Gasteiger charge is 2.23. The van der Waals surface area contributed by atoms with E-state index >= 15 is 0 Å². The van der Waals surface area contributed by atoms with Crippen LogP contribution in [0.5, 0.6) is 0 Å². The number of nitrogens with zero attached hydrogens (tertiary/aromatic N) is 2. The Bertz CT molecular complexity index is 581. The zero-order valence-electron chi connectivity index (χ0n) is 12.2. The minimum atomic E-state index is -0.155. The van der Waals surface area contributed by atoms with E-state index < -0.39 is 0 Å². The maximum atomic E-state index is 12.9. The van der Waals surface area contributed by atoms with Gasteiger partial charge in [-0.25, -0.2) is 9.37 Å². The third-order valence-corrected chi connectivity index (χ3v) is 4.95. The molecule has 0 saturated carbocycles. The standard InChI is InChI=1S/C16H20FN3S/c1-18-16-19-9-15(21-16)11-20-7-6-13(10-20)8-12-2-4-14(17)5-3-12/h2-5,9,13H,6-8,10-11H2,1H3,(H,18,19). The van der Waals surface area contributed by atoms with E-state index in [0.29, 0.717) is 5.92 Å². The number of rotatable bonds is 5. The Morgan fingerprint density at radius 2 is 2.19 bits per heavy atom. The summed E-state index contributed by atoms with van der Waals surface area (Å²) < 4.78 is 12.9. The predicted molar refractivity (Wildman–Crippen MR) is 85.1 cm³/mol. The fourth-order valence-corrected chi connectivity index (χ4v) is 3.70. The van der Waals surface area contributed by atoms with E-state index in [1.807, 2.05) is 25.4 Å². The van der Waals surface area contributed by atoms with E-state index in [1.54, 1.807) is 23.5 Å². The second kappa shape index (κ2) is 6.54. The molecular formula is C16H20FN3S. The lowest BCUT2D eigenvalue weighted by atomic mass is 9.99. The van der Waals surface area contributed by atoms with Gasteiger partial charge in [0.25, 0.3) is 0 Å². The van der Waals surface area contributed by atoms with Gasteiger partial charge in [0, 0.05) is 31.2 Å². The molecule has 1 fully saturated rings. The second-order valence-corrected chi connectivity index (χ2v) is 6.72. The molecule has 0 aliphatic carbocycles. The van der Waals surface area contributed by atoms with Crippen molar-refractivity contribution in [2.75, 3.05) is 25.5 Å². The zero-order chi connectivity index (χ0) is 14.7. The van der Waals surface area contributed by atoms with Crippen LogP contribution in [0.15, 0.2) is 30.5 Å². The number of aromatic nitrogens is 1. The summed E-state index contributed by atoms with van der Waals surface area (Å²) in [7, 11) is 1.90. The first kappa shape index (κ1) is 14.5. The number of anilines is 1. The van der Waals surface area contributed by atoms with Crippen LogP contribution in [-0.4, -0.2) is 30.0 Å². The molecule has 1 saturated heterocycles. The molecule has 112 valence electrons. The van der Waals surface area contributed by atoms with E-state index in [0.717, 1.165) is 31.2 Å². The van der Waals surface area contributed by atoms with Crippen LogP contribution >= 0.6 is 11.3 Å². The molecule has 1 aromatic carbocycles. The molecule has 5 heteroatoms. The lowest BCUT2D eigenvalue weighted by Crippen LogP contribution is -2.20. The van der Waals surface area contributed by atoms with Gasteiger partial charge in [0.15, 0.2) is 5.13 Å². The molecule has 3 rings (SSSR count). The van der Waals surface area contributed by atoms with Crippen molar-refractivity contribution in [3.05, 3.63) is 46.7 Å². The second-order valence-electron chi connectivity index (χ2n) is 5.60. The number of hydrogen-bond donors (Lipinski definition) is 1. The van der Waals surface area contributed by atoms with Gasteiger partial charge >= 0.3 is 0 Å². The first-order valence-electron chi connectivity index (χ1n) is 7.32. The van der Waals surface area contributed by atoms with Crippen LogP contribution in [0.1, 0.15) is 16.9 Å². The van der Waals surface area contributed by atoms with Crippen molar-refractivity contribution in [3.8, 4) is 0 Å². The summed E-state index contributed by atoms with van der Waals surface area (Å²) in [5.41, 5.74) is 1.23. The molecule has 0 radical (unpaired) electrons. The molecule has 21 heavy (non-hydrogen) atoms. The Hall–Kier alpha value is -1.46. The predicted octanol–water partition coefficient (Wildman–Crippen LogP) is 3.39. The lowest BCUT2D eigenvalue weighted by Gasteiger charge is -2.14. The Labute approximate surface area is 128 Å². The van der Waals surface area contributed by atoms with Gasteiger partial charge in [0.1, 0.15) is 5.82 Å². The topological polar surface area (TPSA) is 28.2 Å². The van der Waals surface area contributed by atoms with Crippen molar-refractivity contribution in [1.29, 1.82) is 0 Å². The van der Waals surface area contributed by atoms with E-state index in [4.69, 9.17) is 0 Å². The fraction of sp³-hybridized carbons (Fsp3) is 0.438. The summed E-state index contributed by atoms with van der Waals surface area (Å²) >= 11 is 1.72. The van der Waals surface area contributed by atoms with Crippen LogP contribution in [0, 0.1) is 11.7 Å². The van der Waals surface area contributed by atoms with Crippen molar-refractivity contribution in [2.24, 2.45) is 5.92 Å². The normalized spacial score (nSPS) is 19.0. The molecule has 1 aliphatic rings. The molecule has 2 aromatic rings. The summed E-state index contributed by atoms with van der Waals surface area (Å²) in [5.74, 6) is 0.518. The van der Waals surface area contributed by atoms with Crippen LogP contribution in [0.2, 0.25) is 0 Å². The number of benzene rings is 1. The van der Waals surface area contributed by atoms with Crippen LogP contribution in [0.3, 0.4) is 0 Å². The van der Waals surface area contributed by atoms with Crippen molar-refractivity contribution in [2.45, 2.75) is 19.4 Å². The monoisotopic (exact) mass is 305 g/mol. The number of thiazole rings is 1. The van der Waals surface area contributed by atoms with Crippen LogP contribution < -0.4 is 5.32 Å². The maximum Gasteiger partial charge on any atom is 0.182 e. The summed E-state index contributed by atoms with van der Waals surface area (Å²) in [6.45, 7) is 3.24. The summed E-state index contributed by atoms with van der Waals surface area (Å²) in [4.78, 5) is 8.11. The number of likely N-dealkylation sites (tertiary alicyclic amines) is 1. The quantitative estimate of drug-likeness (QED) is 0.918. The highest BCUT2D eigenvalue weighted by Crippen LogP contribution is 2.25. The lowest BCUT2D eigenvalue weighted by molar-refractivity contribution is 0.319. The Morgan fingerprint density at radius 3 is 2.90 bits per heavy atom. The van der Waals surface area contributed by atoms with E-state index in [-0.39, 0.29) is 5.82 Å². The van der Waals surface area contributed by atoms with Crippen molar-refractivity contribution in [1.82, 2.24) is 9.88 Å². The largest absolute Gasteiger partial charge is 0.365 e. The Kier molecular flexibility index (Phi) is 4.51. The first-order valence-corrected chi connectivity index (χ1v) is 8.14. The van der Waals surface area contributed by atoms with E-state index in [1.165, 1.54) is 16.9 Å². The molecule has 1 atom stereocenters. The van der Waals surface area contributed by atoms with Gasteiger partial charge in [-0.3, -0.25) is 4.90 Å². The molecule has 0 bridgehead atoms. The highest BCUT2D eigenvalue weighted by atomic mass is 32.1. The SMILES string of the molecule is CNc1ncc(CN2CCC(Cc3ccc(F)cc3)C2)s1. The van der Waals surface area contributed by atoms with Gasteiger partial charge in [-0.15, -0.1) is 11.3 Å². The minimum Gasteiger partial charge on any atom is -0.365 e. The van der Waals surface area contributed by atoms with Gasteiger partial charge in [0.05, 0.1) is 0 Å². The molecule has 1 aliphatic heterocycles. The Balaban J connectivity index is 1.52. The van der Waals surface area contributed by atoms with Crippen LogP contribution in [0.25, 0.3) is 0 Å².